The van der Waals surface area contributed by atoms with Crippen LogP contribution in [0.2, 0.25) is 0 Å². The van der Waals surface area contributed by atoms with Crippen molar-refractivity contribution in [3.8, 4) is 11.8 Å². The maximum atomic E-state index is 9.80. The standard InChI is InChI=1S/C12H22O3/c1-5-7-8-9-12(4,13)10-15-11(3)14-6-2/h11,13H,5-7,10H2,1-4H3. The van der Waals surface area contributed by atoms with E-state index in [2.05, 4.69) is 18.8 Å². The summed E-state index contributed by atoms with van der Waals surface area (Å²) in [4.78, 5) is 0. The Morgan fingerprint density at radius 2 is 2.00 bits per heavy atom. The minimum Gasteiger partial charge on any atom is -0.375 e. The number of aliphatic hydroxyl groups is 1. The highest BCUT2D eigenvalue weighted by molar-refractivity contribution is 5.11. The van der Waals surface area contributed by atoms with E-state index in [4.69, 9.17) is 9.47 Å². The second-order valence-corrected chi connectivity index (χ2v) is 3.66. The van der Waals surface area contributed by atoms with Crippen LogP contribution in [0.25, 0.3) is 0 Å². The third-order valence-electron chi connectivity index (χ3n) is 1.73. The van der Waals surface area contributed by atoms with Crippen LogP contribution in [0.4, 0.5) is 0 Å². The molecule has 0 aromatic rings. The first-order chi connectivity index (χ1) is 7.02. The molecule has 0 aromatic heterocycles. The summed E-state index contributed by atoms with van der Waals surface area (Å²) >= 11 is 0. The molecule has 0 fully saturated rings. The van der Waals surface area contributed by atoms with Gasteiger partial charge < -0.3 is 14.6 Å². The van der Waals surface area contributed by atoms with Gasteiger partial charge in [0.25, 0.3) is 0 Å². The molecule has 88 valence electrons. The highest BCUT2D eigenvalue weighted by atomic mass is 16.7. The molecule has 15 heavy (non-hydrogen) atoms. The van der Waals surface area contributed by atoms with E-state index < -0.39 is 5.60 Å². The van der Waals surface area contributed by atoms with Gasteiger partial charge in [-0.2, -0.15) is 0 Å². The molecule has 2 unspecified atom stereocenters. The van der Waals surface area contributed by atoms with E-state index in [-0.39, 0.29) is 12.9 Å². The average Bonchev–Trinajstić information content (AvgIpc) is 2.16. The van der Waals surface area contributed by atoms with Crippen LogP contribution in [0, 0.1) is 11.8 Å². The molecule has 0 spiro atoms. The van der Waals surface area contributed by atoms with Crippen LogP contribution in [-0.2, 0) is 9.47 Å². The van der Waals surface area contributed by atoms with Crippen LogP contribution in [0.3, 0.4) is 0 Å². The summed E-state index contributed by atoms with van der Waals surface area (Å²) in [5.41, 5.74) is -1.08. The maximum absolute atomic E-state index is 9.80. The maximum Gasteiger partial charge on any atom is 0.154 e. The molecule has 0 aliphatic heterocycles. The zero-order valence-electron chi connectivity index (χ0n) is 10.2. The molecular weight excluding hydrogens is 192 g/mol. The molecule has 0 heterocycles. The van der Waals surface area contributed by atoms with Crippen molar-refractivity contribution < 1.29 is 14.6 Å². The second kappa shape index (κ2) is 7.70. The van der Waals surface area contributed by atoms with Crippen LogP contribution in [0.5, 0.6) is 0 Å². The lowest BCUT2D eigenvalue weighted by molar-refractivity contribution is -0.151. The summed E-state index contributed by atoms with van der Waals surface area (Å²) in [6, 6.07) is 0. The highest BCUT2D eigenvalue weighted by Gasteiger charge is 2.18. The Balaban J connectivity index is 3.88. The largest absolute Gasteiger partial charge is 0.375 e. The van der Waals surface area contributed by atoms with E-state index in [0.29, 0.717) is 6.61 Å². The summed E-state index contributed by atoms with van der Waals surface area (Å²) in [6.45, 7) is 8.18. The van der Waals surface area contributed by atoms with E-state index in [1.807, 2.05) is 6.92 Å². The lowest BCUT2D eigenvalue weighted by atomic mass is 10.1. The van der Waals surface area contributed by atoms with Gasteiger partial charge in [-0.15, -0.1) is 5.92 Å². The number of hydrogen-bond donors (Lipinski definition) is 1. The molecule has 0 aromatic carbocycles. The molecule has 0 radical (unpaired) electrons. The summed E-state index contributed by atoms with van der Waals surface area (Å²) in [5, 5.41) is 9.80. The zero-order chi connectivity index (χ0) is 11.7. The van der Waals surface area contributed by atoms with Crippen molar-refractivity contribution in [1.82, 2.24) is 0 Å². The summed E-state index contributed by atoms with van der Waals surface area (Å²) in [7, 11) is 0. The molecule has 2 atom stereocenters. The third kappa shape index (κ3) is 8.44. The molecule has 0 rings (SSSR count). The first-order valence-electron chi connectivity index (χ1n) is 5.47. The first kappa shape index (κ1) is 14.4. The van der Waals surface area contributed by atoms with Gasteiger partial charge in [0.2, 0.25) is 0 Å². The number of hydrogen-bond acceptors (Lipinski definition) is 3. The minimum atomic E-state index is -1.08. The van der Waals surface area contributed by atoms with Crippen molar-refractivity contribution in [2.75, 3.05) is 13.2 Å². The number of unbranched alkanes of at least 4 members (excludes halogenated alkanes) is 1. The van der Waals surface area contributed by atoms with Crippen molar-refractivity contribution in [2.45, 2.75) is 52.4 Å². The van der Waals surface area contributed by atoms with Gasteiger partial charge in [-0.25, -0.2) is 0 Å². The third-order valence-corrected chi connectivity index (χ3v) is 1.73. The number of rotatable bonds is 6. The molecule has 0 aliphatic carbocycles. The van der Waals surface area contributed by atoms with Crippen LogP contribution in [0.1, 0.15) is 40.5 Å². The Labute approximate surface area is 92.8 Å². The van der Waals surface area contributed by atoms with Crippen LogP contribution >= 0.6 is 0 Å². The lowest BCUT2D eigenvalue weighted by Gasteiger charge is -2.20. The van der Waals surface area contributed by atoms with E-state index in [1.54, 1.807) is 13.8 Å². The van der Waals surface area contributed by atoms with E-state index in [9.17, 15) is 5.11 Å². The molecule has 0 saturated heterocycles. The lowest BCUT2D eigenvalue weighted by Crippen LogP contribution is -2.31. The molecule has 0 bridgehead atoms. The summed E-state index contributed by atoms with van der Waals surface area (Å²) < 4.78 is 10.5. The van der Waals surface area contributed by atoms with Crippen LogP contribution < -0.4 is 0 Å². The van der Waals surface area contributed by atoms with Crippen molar-refractivity contribution in [2.24, 2.45) is 0 Å². The van der Waals surface area contributed by atoms with Gasteiger partial charge in [0.15, 0.2) is 6.29 Å². The van der Waals surface area contributed by atoms with Gasteiger partial charge in [0.05, 0.1) is 6.61 Å². The Bertz CT molecular complexity index is 213. The van der Waals surface area contributed by atoms with Gasteiger partial charge >= 0.3 is 0 Å². The topological polar surface area (TPSA) is 38.7 Å². The van der Waals surface area contributed by atoms with Gasteiger partial charge in [-0.05, 0) is 27.2 Å². The molecule has 0 amide bonds. The van der Waals surface area contributed by atoms with Crippen LogP contribution in [-0.4, -0.2) is 30.2 Å². The van der Waals surface area contributed by atoms with Crippen molar-refractivity contribution in [3.63, 3.8) is 0 Å². The van der Waals surface area contributed by atoms with Gasteiger partial charge in [-0.1, -0.05) is 12.8 Å². The SMILES string of the molecule is CCCC#CC(C)(O)COC(C)OCC. The monoisotopic (exact) mass is 214 g/mol. The molecule has 0 saturated carbocycles. The fraction of sp³-hybridized carbons (Fsp3) is 0.833. The fourth-order valence-corrected chi connectivity index (χ4v) is 0.976. The number of ether oxygens (including phenoxy) is 2. The zero-order valence-corrected chi connectivity index (χ0v) is 10.2. The molecular formula is C12H22O3. The predicted octanol–water partition coefficient (Wildman–Crippen LogP) is 1.94. The van der Waals surface area contributed by atoms with Crippen molar-refractivity contribution in [3.05, 3.63) is 0 Å². The predicted molar refractivity (Wildman–Crippen MR) is 60.3 cm³/mol. The van der Waals surface area contributed by atoms with E-state index >= 15 is 0 Å². The first-order valence-corrected chi connectivity index (χ1v) is 5.47. The smallest absolute Gasteiger partial charge is 0.154 e. The quantitative estimate of drug-likeness (QED) is 0.542. The highest BCUT2D eigenvalue weighted by Crippen LogP contribution is 2.05. The minimum absolute atomic E-state index is 0.172. The Kier molecular flexibility index (Phi) is 7.41. The Morgan fingerprint density at radius 3 is 2.53 bits per heavy atom. The van der Waals surface area contributed by atoms with Crippen molar-refractivity contribution in [1.29, 1.82) is 0 Å². The van der Waals surface area contributed by atoms with Gasteiger partial charge in [-0.3, -0.25) is 0 Å². The summed E-state index contributed by atoms with van der Waals surface area (Å²) in [6.07, 6.45) is 1.51. The molecule has 3 nitrogen and oxygen atoms in total. The van der Waals surface area contributed by atoms with Gasteiger partial charge in [0.1, 0.15) is 5.60 Å². The summed E-state index contributed by atoms with van der Waals surface area (Å²) in [5.74, 6) is 5.69. The molecule has 0 aliphatic rings. The van der Waals surface area contributed by atoms with Gasteiger partial charge in [0, 0.05) is 13.0 Å². The normalized spacial score (nSPS) is 16.3. The molecule has 1 N–H and O–H groups in total. The van der Waals surface area contributed by atoms with Crippen molar-refractivity contribution >= 4 is 0 Å². The van der Waals surface area contributed by atoms with E-state index in [0.717, 1.165) is 12.8 Å². The molecule has 3 heteroatoms. The Morgan fingerprint density at radius 1 is 1.33 bits per heavy atom. The second-order valence-electron chi connectivity index (χ2n) is 3.66. The van der Waals surface area contributed by atoms with Crippen LogP contribution in [0.15, 0.2) is 0 Å². The van der Waals surface area contributed by atoms with E-state index in [1.165, 1.54) is 0 Å². The fourth-order valence-electron chi connectivity index (χ4n) is 0.976. The average molecular weight is 214 g/mol. The Hall–Kier alpha value is -0.560.